The summed E-state index contributed by atoms with van der Waals surface area (Å²) in [5, 5.41) is 19.7. The third-order valence-corrected chi connectivity index (χ3v) is 2.70. The van der Waals surface area contributed by atoms with E-state index >= 15 is 0 Å². The number of aromatic nitrogens is 2. The third kappa shape index (κ3) is 1.16. The summed E-state index contributed by atoms with van der Waals surface area (Å²) in [6.07, 6.45) is 1.70. The fourth-order valence-corrected chi connectivity index (χ4v) is 2.06. The second-order valence-electron chi connectivity index (χ2n) is 3.60. The summed E-state index contributed by atoms with van der Waals surface area (Å²) in [6, 6.07) is 11.1. The van der Waals surface area contributed by atoms with Crippen molar-refractivity contribution in [3.05, 3.63) is 42.6 Å². The van der Waals surface area contributed by atoms with Gasteiger partial charge in [-0.3, -0.25) is 4.98 Å². The number of hydrogen-bond acceptors (Lipinski definition) is 3. The Labute approximate surface area is 91.9 Å². The van der Waals surface area contributed by atoms with Gasteiger partial charge in [-0.2, -0.15) is 0 Å². The normalized spacial score (nSPS) is 11.1. The molecule has 3 rings (SSSR count). The lowest BCUT2D eigenvalue weighted by Gasteiger charge is -2.03. The molecule has 0 bridgehead atoms. The molecular formula is C11H9BN2O2. The van der Waals surface area contributed by atoms with Crippen LogP contribution in [0.15, 0.2) is 42.6 Å². The number of para-hydroxylation sites is 1. The number of rotatable bonds is 1. The highest BCUT2D eigenvalue weighted by atomic mass is 16.4. The molecule has 0 saturated heterocycles. The Hall–Kier alpha value is -1.85. The molecule has 78 valence electrons. The molecule has 2 aromatic heterocycles. The molecule has 0 radical (unpaired) electrons. The Balaban J connectivity index is 2.59. The maximum Gasteiger partial charge on any atom is 0.592 e. The van der Waals surface area contributed by atoms with E-state index in [4.69, 9.17) is 0 Å². The van der Waals surface area contributed by atoms with Crippen LogP contribution in [0.25, 0.3) is 21.9 Å². The van der Waals surface area contributed by atoms with Crippen LogP contribution in [0.1, 0.15) is 0 Å². The van der Waals surface area contributed by atoms with Crippen molar-refractivity contribution in [2.24, 2.45) is 0 Å². The van der Waals surface area contributed by atoms with E-state index in [9.17, 15) is 10.0 Å². The monoisotopic (exact) mass is 212 g/mol. The van der Waals surface area contributed by atoms with Gasteiger partial charge in [0, 0.05) is 17.1 Å². The molecule has 0 amide bonds. The van der Waals surface area contributed by atoms with E-state index in [-0.39, 0.29) is 0 Å². The molecule has 16 heavy (non-hydrogen) atoms. The molecule has 3 aromatic rings. The second kappa shape index (κ2) is 3.33. The van der Waals surface area contributed by atoms with E-state index in [0.717, 1.165) is 21.9 Å². The van der Waals surface area contributed by atoms with Gasteiger partial charge in [0.2, 0.25) is 0 Å². The van der Waals surface area contributed by atoms with E-state index < -0.39 is 7.25 Å². The first-order valence-corrected chi connectivity index (χ1v) is 4.99. The molecule has 0 saturated carbocycles. The van der Waals surface area contributed by atoms with Gasteiger partial charge in [-0.25, -0.2) is 0 Å². The van der Waals surface area contributed by atoms with E-state index in [2.05, 4.69) is 4.98 Å². The number of benzene rings is 1. The predicted molar refractivity (Wildman–Crippen MR) is 62.8 cm³/mol. The average molecular weight is 212 g/mol. The first-order valence-electron chi connectivity index (χ1n) is 4.99. The minimum absolute atomic E-state index is 0.721. The van der Waals surface area contributed by atoms with Crippen molar-refractivity contribution < 1.29 is 10.0 Å². The molecule has 0 aliphatic heterocycles. The number of nitrogens with zero attached hydrogens (tertiary/aromatic N) is 2. The van der Waals surface area contributed by atoms with E-state index in [1.807, 2.05) is 30.3 Å². The summed E-state index contributed by atoms with van der Waals surface area (Å²) in [5.74, 6) is 0. The lowest BCUT2D eigenvalue weighted by molar-refractivity contribution is 0.396. The predicted octanol–water partition coefficient (Wildman–Crippen LogP) is 1.01. The molecule has 0 fully saturated rings. The lowest BCUT2D eigenvalue weighted by Crippen LogP contribution is -2.23. The molecule has 2 heterocycles. The van der Waals surface area contributed by atoms with Crippen LogP contribution in [0, 0.1) is 0 Å². The summed E-state index contributed by atoms with van der Waals surface area (Å²) in [5.41, 5.74) is 2.27. The third-order valence-electron chi connectivity index (χ3n) is 2.70. The molecule has 5 heteroatoms. The van der Waals surface area contributed by atoms with Crippen LogP contribution in [-0.4, -0.2) is 26.8 Å². The van der Waals surface area contributed by atoms with Crippen LogP contribution in [0.5, 0.6) is 0 Å². The lowest BCUT2D eigenvalue weighted by atomic mass is 10.1. The Morgan fingerprint density at radius 2 is 1.75 bits per heavy atom. The van der Waals surface area contributed by atoms with Crippen molar-refractivity contribution in [3.63, 3.8) is 0 Å². The van der Waals surface area contributed by atoms with Gasteiger partial charge >= 0.3 is 7.25 Å². The fourth-order valence-electron chi connectivity index (χ4n) is 2.06. The first-order chi connectivity index (χ1) is 7.79. The number of fused-ring (bicyclic) bond motifs is 3. The second-order valence-corrected chi connectivity index (χ2v) is 3.60. The van der Waals surface area contributed by atoms with Gasteiger partial charge < -0.3 is 14.5 Å². The van der Waals surface area contributed by atoms with Gasteiger partial charge in [-0.15, -0.1) is 0 Å². The van der Waals surface area contributed by atoms with Gasteiger partial charge in [0.05, 0.1) is 11.0 Å². The van der Waals surface area contributed by atoms with Gasteiger partial charge in [-0.05, 0) is 18.2 Å². The minimum Gasteiger partial charge on any atom is -0.407 e. The van der Waals surface area contributed by atoms with Crippen LogP contribution in [0.2, 0.25) is 0 Å². The summed E-state index contributed by atoms with van der Waals surface area (Å²) >= 11 is 0. The molecular weight excluding hydrogens is 203 g/mol. The largest absolute Gasteiger partial charge is 0.592 e. The quantitative estimate of drug-likeness (QED) is 0.591. The van der Waals surface area contributed by atoms with Gasteiger partial charge in [0.25, 0.3) is 0 Å². The average Bonchev–Trinajstić information content (AvgIpc) is 2.63. The molecule has 2 N–H and O–H groups in total. The highest BCUT2D eigenvalue weighted by Crippen LogP contribution is 2.26. The zero-order chi connectivity index (χ0) is 11.1. The van der Waals surface area contributed by atoms with Crippen LogP contribution in [0.4, 0.5) is 0 Å². The fraction of sp³-hybridized carbons (Fsp3) is 0. The summed E-state index contributed by atoms with van der Waals surface area (Å²) in [4.78, 5) is 4.27. The van der Waals surface area contributed by atoms with Crippen molar-refractivity contribution in [2.45, 2.75) is 0 Å². The zero-order valence-electron chi connectivity index (χ0n) is 8.41. The molecule has 4 nitrogen and oxygen atoms in total. The van der Waals surface area contributed by atoms with Crippen molar-refractivity contribution >= 4 is 29.2 Å². The van der Waals surface area contributed by atoms with Crippen molar-refractivity contribution in [1.82, 2.24) is 9.46 Å². The van der Waals surface area contributed by atoms with E-state index in [1.165, 1.54) is 4.48 Å². The summed E-state index contributed by atoms with van der Waals surface area (Å²) in [7, 11) is -1.55. The highest BCUT2D eigenvalue weighted by molar-refractivity contribution is 6.43. The van der Waals surface area contributed by atoms with E-state index in [0.29, 0.717) is 0 Å². The molecule has 0 spiro atoms. The molecule has 0 atom stereocenters. The maximum atomic E-state index is 9.40. The standard InChI is InChI=1S/C11H9BN2O2/c15-12(16)14-9-5-2-1-4-8(9)11-10(14)6-3-7-13-11/h1-7,15-16H. The summed E-state index contributed by atoms with van der Waals surface area (Å²) in [6.45, 7) is 0. The Kier molecular flexibility index (Phi) is 1.95. The number of pyridine rings is 1. The Bertz CT molecular complexity index is 610. The van der Waals surface area contributed by atoms with Gasteiger partial charge in [-0.1, -0.05) is 18.2 Å². The summed E-state index contributed by atoms with van der Waals surface area (Å²) < 4.78 is 1.46. The van der Waals surface area contributed by atoms with Crippen molar-refractivity contribution in [3.8, 4) is 0 Å². The van der Waals surface area contributed by atoms with Crippen LogP contribution in [0.3, 0.4) is 0 Å². The van der Waals surface area contributed by atoms with Crippen molar-refractivity contribution in [1.29, 1.82) is 0 Å². The van der Waals surface area contributed by atoms with Crippen LogP contribution >= 0.6 is 0 Å². The molecule has 0 unspecified atom stereocenters. The Morgan fingerprint density at radius 3 is 2.56 bits per heavy atom. The zero-order valence-corrected chi connectivity index (χ0v) is 8.41. The Morgan fingerprint density at radius 1 is 1.00 bits per heavy atom. The smallest absolute Gasteiger partial charge is 0.407 e. The number of hydrogen-bond donors (Lipinski definition) is 2. The van der Waals surface area contributed by atoms with Crippen LogP contribution in [-0.2, 0) is 0 Å². The minimum atomic E-state index is -1.55. The van der Waals surface area contributed by atoms with E-state index in [1.54, 1.807) is 12.3 Å². The maximum absolute atomic E-state index is 9.40. The highest BCUT2D eigenvalue weighted by Gasteiger charge is 2.19. The molecule has 0 aliphatic rings. The SMILES string of the molecule is OB(O)n1c2ccccc2c2ncccc21. The molecule has 1 aromatic carbocycles. The first kappa shape index (κ1) is 9.39. The van der Waals surface area contributed by atoms with Crippen molar-refractivity contribution in [2.75, 3.05) is 0 Å². The topological polar surface area (TPSA) is 58.3 Å². The molecule has 0 aliphatic carbocycles. The van der Waals surface area contributed by atoms with Gasteiger partial charge in [0.1, 0.15) is 0 Å². The van der Waals surface area contributed by atoms with Crippen LogP contribution < -0.4 is 0 Å². The van der Waals surface area contributed by atoms with Gasteiger partial charge in [0.15, 0.2) is 0 Å².